The average molecular weight is 388 g/mol. The van der Waals surface area contributed by atoms with Crippen LogP contribution in [0, 0.1) is 11.6 Å². The summed E-state index contributed by atoms with van der Waals surface area (Å²) in [6.07, 6.45) is 0.731. The molecule has 0 aliphatic carbocycles. The third-order valence-electron chi connectivity index (χ3n) is 4.88. The Kier molecular flexibility index (Phi) is 5.00. The molecule has 0 radical (unpaired) electrons. The molecule has 2 N–H and O–H groups in total. The van der Waals surface area contributed by atoms with Crippen LogP contribution in [-0.2, 0) is 6.42 Å². The maximum absolute atomic E-state index is 13.5. The zero-order valence-corrected chi connectivity index (χ0v) is 15.4. The predicted octanol–water partition coefficient (Wildman–Crippen LogP) is 6.30. The van der Waals surface area contributed by atoms with Gasteiger partial charge in [-0.3, -0.25) is 0 Å². The van der Waals surface area contributed by atoms with Gasteiger partial charge in [-0.1, -0.05) is 60.7 Å². The van der Waals surface area contributed by atoms with Gasteiger partial charge < -0.3 is 10.2 Å². The third kappa shape index (κ3) is 4.11. The molecule has 0 aliphatic rings. The van der Waals surface area contributed by atoms with E-state index in [1.165, 1.54) is 24.3 Å². The largest absolute Gasteiger partial charge is 0.505 e. The van der Waals surface area contributed by atoms with Crippen LogP contribution in [0.3, 0.4) is 0 Å². The summed E-state index contributed by atoms with van der Waals surface area (Å²) in [4.78, 5) is 0. The molecule has 0 amide bonds. The van der Waals surface area contributed by atoms with Gasteiger partial charge in [0.05, 0.1) is 0 Å². The number of rotatable bonds is 4. The molecule has 144 valence electrons. The number of benzene rings is 4. The van der Waals surface area contributed by atoms with Crippen LogP contribution in [0.1, 0.15) is 11.1 Å². The Hall–Kier alpha value is -3.66. The van der Waals surface area contributed by atoms with Crippen molar-refractivity contribution in [3.05, 3.63) is 108 Å². The van der Waals surface area contributed by atoms with Crippen molar-refractivity contribution in [2.45, 2.75) is 6.42 Å². The van der Waals surface area contributed by atoms with Crippen molar-refractivity contribution in [2.75, 3.05) is 0 Å². The normalized spacial score (nSPS) is 10.8. The maximum atomic E-state index is 13.5. The van der Waals surface area contributed by atoms with Crippen molar-refractivity contribution in [3.63, 3.8) is 0 Å². The number of hydrogen-bond donors (Lipinski definition) is 2. The van der Waals surface area contributed by atoms with E-state index in [2.05, 4.69) is 0 Å². The Morgan fingerprint density at radius 3 is 1.17 bits per heavy atom. The van der Waals surface area contributed by atoms with Crippen LogP contribution >= 0.6 is 0 Å². The molecule has 0 unspecified atom stereocenters. The molecule has 0 bridgehead atoms. The lowest BCUT2D eigenvalue weighted by atomic mass is 9.98. The van der Waals surface area contributed by atoms with E-state index in [1.54, 1.807) is 12.1 Å². The van der Waals surface area contributed by atoms with Crippen molar-refractivity contribution < 1.29 is 19.0 Å². The average Bonchev–Trinajstić information content (AvgIpc) is 2.73. The van der Waals surface area contributed by atoms with E-state index in [4.69, 9.17) is 0 Å². The molecule has 0 saturated heterocycles. The summed E-state index contributed by atoms with van der Waals surface area (Å²) in [5.74, 6) is -1.99. The second kappa shape index (κ2) is 7.76. The van der Waals surface area contributed by atoms with Gasteiger partial charge in [0, 0.05) is 0 Å². The Balaban J connectivity index is 1.49. The first-order valence-corrected chi connectivity index (χ1v) is 9.15. The van der Waals surface area contributed by atoms with E-state index in [9.17, 15) is 19.0 Å². The van der Waals surface area contributed by atoms with Crippen LogP contribution in [0.4, 0.5) is 8.78 Å². The quantitative estimate of drug-likeness (QED) is 0.431. The zero-order chi connectivity index (χ0) is 20.4. The van der Waals surface area contributed by atoms with Crippen LogP contribution < -0.4 is 0 Å². The van der Waals surface area contributed by atoms with Gasteiger partial charge in [-0.2, -0.15) is 0 Å². The van der Waals surface area contributed by atoms with E-state index in [0.29, 0.717) is 11.1 Å². The monoisotopic (exact) mass is 388 g/mol. The fourth-order valence-electron chi connectivity index (χ4n) is 3.24. The number of aromatic hydroxyl groups is 2. The second-order valence-electron chi connectivity index (χ2n) is 6.90. The molecule has 4 aromatic carbocycles. The summed E-state index contributed by atoms with van der Waals surface area (Å²) in [5, 5.41) is 18.6. The molecule has 4 heteroatoms. The van der Waals surface area contributed by atoms with Gasteiger partial charge >= 0.3 is 0 Å². The van der Waals surface area contributed by atoms with Gasteiger partial charge in [-0.05, 0) is 64.1 Å². The van der Waals surface area contributed by atoms with Crippen LogP contribution in [0.5, 0.6) is 11.5 Å². The number of phenols is 2. The Bertz CT molecular complexity index is 1060. The molecule has 0 saturated carbocycles. The number of hydrogen-bond acceptors (Lipinski definition) is 2. The van der Waals surface area contributed by atoms with Crippen molar-refractivity contribution in [2.24, 2.45) is 0 Å². The first kappa shape index (κ1) is 18.7. The Morgan fingerprint density at radius 1 is 0.483 bits per heavy atom. The second-order valence-corrected chi connectivity index (χ2v) is 6.90. The fourth-order valence-corrected chi connectivity index (χ4v) is 3.24. The van der Waals surface area contributed by atoms with Gasteiger partial charge in [0.25, 0.3) is 0 Å². The van der Waals surface area contributed by atoms with Gasteiger partial charge in [0.1, 0.15) is 0 Å². The lowest BCUT2D eigenvalue weighted by molar-refractivity contribution is 0.432. The highest BCUT2D eigenvalue weighted by Crippen LogP contribution is 2.27. The van der Waals surface area contributed by atoms with E-state index >= 15 is 0 Å². The minimum atomic E-state index is -0.639. The van der Waals surface area contributed by atoms with Gasteiger partial charge in [0.15, 0.2) is 23.1 Å². The van der Waals surface area contributed by atoms with Crippen LogP contribution in [0.15, 0.2) is 84.9 Å². The number of halogens is 2. The molecule has 0 fully saturated rings. The topological polar surface area (TPSA) is 40.5 Å². The summed E-state index contributed by atoms with van der Waals surface area (Å²) >= 11 is 0. The van der Waals surface area contributed by atoms with E-state index in [1.807, 2.05) is 48.5 Å². The number of phenolic OH excluding ortho intramolecular Hbond substituents is 2. The lowest BCUT2D eigenvalue weighted by Gasteiger charge is -2.07. The Labute approximate surface area is 167 Å². The van der Waals surface area contributed by atoms with Crippen LogP contribution in [0.2, 0.25) is 0 Å². The van der Waals surface area contributed by atoms with Crippen molar-refractivity contribution in [1.29, 1.82) is 0 Å². The molecule has 0 heterocycles. The maximum Gasteiger partial charge on any atom is 0.165 e. The fraction of sp³-hybridized carbons (Fsp3) is 0.0400. The van der Waals surface area contributed by atoms with E-state index in [0.717, 1.165) is 28.7 Å². The molecular weight excluding hydrogens is 370 g/mol. The SMILES string of the molecule is Oc1ccc(-c2ccc(Cc3ccc(-c4ccc(O)c(F)c4)cc3)cc2)cc1F. The van der Waals surface area contributed by atoms with Gasteiger partial charge in [0.2, 0.25) is 0 Å². The van der Waals surface area contributed by atoms with Crippen molar-refractivity contribution >= 4 is 0 Å². The molecule has 2 nitrogen and oxygen atoms in total. The van der Waals surface area contributed by atoms with E-state index in [-0.39, 0.29) is 11.5 Å². The first-order valence-electron chi connectivity index (χ1n) is 9.15. The summed E-state index contributed by atoms with van der Waals surface area (Å²) in [7, 11) is 0. The highest BCUT2D eigenvalue weighted by molar-refractivity contribution is 5.66. The van der Waals surface area contributed by atoms with Crippen LogP contribution in [0.25, 0.3) is 22.3 Å². The zero-order valence-electron chi connectivity index (χ0n) is 15.4. The minimum Gasteiger partial charge on any atom is -0.505 e. The summed E-state index contributed by atoms with van der Waals surface area (Å²) in [5.41, 5.74) is 5.37. The molecule has 4 rings (SSSR count). The molecule has 0 atom stereocenters. The first-order chi connectivity index (χ1) is 14.0. The third-order valence-corrected chi connectivity index (χ3v) is 4.88. The molecule has 4 aromatic rings. The summed E-state index contributed by atoms with van der Waals surface area (Å²) in [6.45, 7) is 0. The predicted molar refractivity (Wildman–Crippen MR) is 110 cm³/mol. The van der Waals surface area contributed by atoms with Gasteiger partial charge in [-0.25, -0.2) is 8.78 Å². The molecule has 0 spiro atoms. The summed E-state index contributed by atoms with van der Waals surface area (Å²) < 4.78 is 27.1. The minimum absolute atomic E-state index is 0.358. The van der Waals surface area contributed by atoms with Crippen LogP contribution in [-0.4, -0.2) is 10.2 Å². The molecule has 0 aliphatic heterocycles. The highest BCUT2D eigenvalue weighted by atomic mass is 19.1. The molecule has 0 aromatic heterocycles. The molecule has 29 heavy (non-hydrogen) atoms. The molecular formula is C25H18F2O2. The summed E-state index contributed by atoms with van der Waals surface area (Å²) in [6, 6.07) is 24.3. The van der Waals surface area contributed by atoms with Gasteiger partial charge in [-0.15, -0.1) is 0 Å². The highest BCUT2D eigenvalue weighted by Gasteiger charge is 2.06. The Morgan fingerprint density at radius 2 is 0.828 bits per heavy atom. The van der Waals surface area contributed by atoms with Crippen molar-refractivity contribution in [1.82, 2.24) is 0 Å². The smallest absolute Gasteiger partial charge is 0.165 e. The van der Waals surface area contributed by atoms with Crippen molar-refractivity contribution in [3.8, 4) is 33.8 Å². The standard InChI is InChI=1S/C25H18F2O2/c26-22-14-20(9-11-24(22)28)18-5-1-16(2-6-18)13-17-3-7-19(8-4-17)21-10-12-25(29)23(27)15-21/h1-12,14-15,28-29H,13H2. The van der Waals surface area contributed by atoms with E-state index < -0.39 is 11.6 Å². The lowest BCUT2D eigenvalue weighted by Crippen LogP contribution is -1.89.